The lowest BCUT2D eigenvalue weighted by Gasteiger charge is -2.19. The molecule has 0 amide bonds. The van der Waals surface area contributed by atoms with Crippen LogP contribution in [0.25, 0.3) is 0 Å². The molecule has 2 N–H and O–H groups in total. The van der Waals surface area contributed by atoms with Crippen LogP contribution in [0.5, 0.6) is 0 Å². The van der Waals surface area contributed by atoms with Crippen molar-refractivity contribution >= 4 is 11.8 Å². The monoisotopic (exact) mass is 321 g/mol. The van der Waals surface area contributed by atoms with Crippen LogP contribution in [-0.4, -0.2) is 50.8 Å². The van der Waals surface area contributed by atoms with Crippen molar-refractivity contribution in [3.05, 3.63) is 23.9 Å². The summed E-state index contributed by atoms with van der Waals surface area (Å²) < 4.78 is 5.31. The van der Waals surface area contributed by atoms with Gasteiger partial charge in [0, 0.05) is 52.6 Å². The van der Waals surface area contributed by atoms with Crippen LogP contribution in [0.15, 0.2) is 23.3 Å². The minimum atomic E-state index is 0.705. The molecule has 0 radical (unpaired) electrons. The molecule has 0 aliphatic carbocycles. The summed E-state index contributed by atoms with van der Waals surface area (Å²) >= 11 is 0. The SMILES string of the molecule is CCOCCCNC(=NC)NCc1ccc(N(CC)CC)nc1. The molecule has 0 aliphatic heterocycles. The number of guanidine groups is 1. The van der Waals surface area contributed by atoms with E-state index in [2.05, 4.69) is 51.5 Å². The molecule has 0 atom stereocenters. The maximum atomic E-state index is 5.31. The highest BCUT2D eigenvalue weighted by atomic mass is 16.5. The van der Waals surface area contributed by atoms with E-state index >= 15 is 0 Å². The standard InChI is InChI=1S/C17H31N5O/c1-5-22(6-2)16-10-9-15(13-20-16)14-21-17(18-4)19-11-8-12-23-7-3/h9-10,13H,5-8,11-12,14H2,1-4H3,(H2,18,19,21). The Labute approximate surface area is 140 Å². The summed E-state index contributed by atoms with van der Waals surface area (Å²) in [6.45, 7) is 11.3. The number of anilines is 1. The molecule has 0 aromatic carbocycles. The predicted molar refractivity (Wildman–Crippen MR) is 97.1 cm³/mol. The molecule has 23 heavy (non-hydrogen) atoms. The maximum Gasteiger partial charge on any atom is 0.191 e. The molecular weight excluding hydrogens is 290 g/mol. The topological polar surface area (TPSA) is 61.8 Å². The lowest BCUT2D eigenvalue weighted by molar-refractivity contribution is 0.145. The summed E-state index contributed by atoms with van der Waals surface area (Å²) in [5.41, 5.74) is 1.14. The maximum absolute atomic E-state index is 5.31. The second kappa shape index (κ2) is 11.7. The Morgan fingerprint density at radius 1 is 1.22 bits per heavy atom. The normalized spacial score (nSPS) is 11.4. The first-order valence-electron chi connectivity index (χ1n) is 8.47. The number of ether oxygens (including phenoxy) is 1. The molecule has 6 nitrogen and oxygen atoms in total. The first kappa shape index (κ1) is 19.2. The van der Waals surface area contributed by atoms with Gasteiger partial charge in [-0.25, -0.2) is 4.98 Å². The molecule has 1 aromatic rings. The van der Waals surface area contributed by atoms with Gasteiger partial charge in [-0.3, -0.25) is 4.99 Å². The number of aliphatic imine (C=N–C) groups is 1. The van der Waals surface area contributed by atoms with E-state index in [-0.39, 0.29) is 0 Å². The van der Waals surface area contributed by atoms with E-state index < -0.39 is 0 Å². The number of nitrogens with zero attached hydrogens (tertiary/aromatic N) is 3. The van der Waals surface area contributed by atoms with E-state index in [1.54, 1.807) is 7.05 Å². The molecule has 130 valence electrons. The first-order chi connectivity index (χ1) is 11.2. The van der Waals surface area contributed by atoms with Crippen LogP contribution in [0.3, 0.4) is 0 Å². The molecule has 0 saturated heterocycles. The highest BCUT2D eigenvalue weighted by Gasteiger charge is 2.03. The summed E-state index contributed by atoms with van der Waals surface area (Å²) in [6.07, 6.45) is 2.89. The lowest BCUT2D eigenvalue weighted by atomic mass is 10.2. The minimum Gasteiger partial charge on any atom is -0.382 e. The van der Waals surface area contributed by atoms with Crippen molar-refractivity contribution in [2.24, 2.45) is 4.99 Å². The van der Waals surface area contributed by atoms with Crippen LogP contribution in [0, 0.1) is 0 Å². The highest BCUT2D eigenvalue weighted by Crippen LogP contribution is 2.10. The third kappa shape index (κ3) is 7.32. The molecule has 0 spiro atoms. The molecule has 0 bridgehead atoms. The van der Waals surface area contributed by atoms with Gasteiger partial charge in [0.2, 0.25) is 0 Å². The Hall–Kier alpha value is -1.82. The summed E-state index contributed by atoms with van der Waals surface area (Å²) in [5, 5.41) is 6.57. The molecule has 0 unspecified atom stereocenters. The third-order valence-corrected chi connectivity index (χ3v) is 3.54. The van der Waals surface area contributed by atoms with E-state index in [4.69, 9.17) is 4.74 Å². The molecule has 1 heterocycles. The van der Waals surface area contributed by atoms with Crippen molar-refractivity contribution in [2.45, 2.75) is 33.7 Å². The van der Waals surface area contributed by atoms with Gasteiger partial charge < -0.3 is 20.3 Å². The Kier molecular flexibility index (Phi) is 9.79. The van der Waals surface area contributed by atoms with Crippen molar-refractivity contribution in [3.63, 3.8) is 0 Å². The fourth-order valence-corrected chi connectivity index (χ4v) is 2.19. The Morgan fingerprint density at radius 3 is 2.57 bits per heavy atom. The van der Waals surface area contributed by atoms with Crippen molar-refractivity contribution < 1.29 is 4.74 Å². The Bertz CT molecular complexity index is 443. The zero-order valence-corrected chi connectivity index (χ0v) is 14.9. The van der Waals surface area contributed by atoms with Gasteiger partial charge in [0.1, 0.15) is 5.82 Å². The van der Waals surface area contributed by atoms with Gasteiger partial charge in [-0.1, -0.05) is 6.07 Å². The molecular formula is C17H31N5O. The summed E-state index contributed by atoms with van der Waals surface area (Å²) in [5.74, 6) is 1.83. The first-order valence-corrected chi connectivity index (χ1v) is 8.47. The van der Waals surface area contributed by atoms with Crippen molar-refractivity contribution in [1.82, 2.24) is 15.6 Å². The van der Waals surface area contributed by atoms with Crippen LogP contribution in [0.2, 0.25) is 0 Å². The number of aromatic nitrogens is 1. The van der Waals surface area contributed by atoms with Crippen LogP contribution in [0.4, 0.5) is 5.82 Å². The number of nitrogens with one attached hydrogen (secondary N) is 2. The fraction of sp³-hybridized carbons (Fsp3) is 0.647. The molecule has 0 aliphatic rings. The zero-order valence-electron chi connectivity index (χ0n) is 14.9. The summed E-state index contributed by atoms with van der Waals surface area (Å²) in [6, 6.07) is 4.18. The number of hydrogen-bond acceptors (Lipinski definition) is 4. The van der Waals surface area contributed by atoms with Gasteiger partial charge in [0.25, 0.3) is 0 Å². The zero-order chi connectivity index (χ0) is 16.9. The van der Waals surface area contributed by atoms with E-state index in [1.807, 2.05) is 13.1 Å². The van der Waals surface area contributed by atoms with E-state index in [1.165, 1.54) is 0 Å². The molecule has 0 saturated carbocycles. The Balaban J connectivity index is 2.37. The van der Waals surface area contributed by atoms with E-state index in [9.17, 15) is 0 Å². The van der Waals surface area contributed by atoms with Crippen LogP contribution in [0.1, 0.15) is 32.8 Å². The third-order valence-electron chi connectivity index (χ3n) is 3.54. The second-order valence-electron chi connectivity index (χ2n) is 5.10. The largest absolute Gasteiger partial charge is 0.382 e. The molecule has 1 rings (SSSR count). The van der Waals surface area contributed by atoms with Gasteiger partial charge >= 0.3 is 0 Å². The lowest BCUT2D eigenvalue weighted by Crippen LogP contribution is -2.37. The smallest absolute Gasteiger partial charge is 0.191 e. The average Bonchev–Trinajstić information content (AvgIpc) is 2.59. The van der Waals surface area contributed by atoms with E-state index in [0.29, 0.717) is 6.54 Å². The van der Waals surface area contributed by atoms with Crippen LogP contribution >= 0.6 is 0 Å². The van der Waals surface area contributed by atoms with Crippen LogP contribution < -0.4 is 15.5 Å². The van der Waals surface area contributed by atoms with Crippen molar-refractivity contribution in [1.29, 1.82) is 0 Å². The predicted octanol–water partition coefficient (Wildman–Crippen LogP) is 2.02. The summed E-state index contributed by atoms with van der Waals surface area (Å²) in [4.78, 5) is 11.0. The number of rotatable bonds is 10. The second-order valence-corrected chi connectivity index (χ2v) is 5.10. The quantitative estimate of drug-likeness (QED) is 0.392. The average molecular weight is 321 g/mol. The van der Waals surface area contributed by atoms with Gasteiger partial charge in [-0.2, -0.15) is 0 Å². The Morgan fingerprint density at radius 2 is 2.00 bits per heavy atom. The fourth-order valence-electron chi connectivity index (χ4n) is 2.19. The van der Waals surface area contributed by atoms with Gasteiger partial charge in [0.15, 0.2) is 5.96 Å². The molecule has 6 heteroatoms. The molecule has 1 aromatic heterocycles. The highest BCUT2D eigenvalue weighted by molar-refractivity contribution is 5.79. The van der Waals surface area contributed by atoms with Gasteiger partial charge in [-0.05, 0) is 38.8 Å². The van der Waals surface area contributed by atoms with Crippen LogP contribution in [-0.2, 0) is 11.3 Å². The number of pyridine rings is 1. The van der Waals surface area contributed by atoms with Crippen molar-refractivity contribution in [3.8, 4) is 0 Å². The number of hydrogen-bond donors (Lipinski definition) is 2. The van der Waals surface area contributed by atoms with Crippen molar-refractivity contribution in [2.75, 3.05) is 44.8 Å². The summed E-state index contributed by atoms with van der Waals surface area (Å²) in [7, 11) is 1.78. The minimum absolute atomic E-state index is 0.705. The molecule has 0 fully saturated rings. The van der Waals surface area contributed by atoms with E-state index in [0.717, 1.165) is 56.6 Å². The van der Waals surface area contributed by atoms with Gasteiger partial charge in [-0.15, -0.1) is 0 Å². The van der Waals surface area contributed by atoms with Gasteiger partial charge in [0.05, 0.1) is 0 Å².